The fourth-order valence-corrected chi connectivity index (χ4v) is 2.36. The molecular formula is C18H17Cl2FN2O2. The third-order valence-electron chi connectivity index (χ3n) is 3.36. The first-order valence-corrected chi connectivity index (χ1v) is 8.21. The van der Waals surface area contributed by atoms with Gasteiger partial charge in [0.1, 0.15) is 5.82 Å². The molecule has 25 heavy (non-hydrogen) atoms. The lowest BCUT2D eigenvalue weighted by Crippen LogP contribution is -2.55. The van der Waals surface area contributed by atoms with Crippen LogP contribution in [0.15, 0.2) is 42.5 Å². The van der Waals surface area contributed by atoms with Gasteiger partial charge in [0.05, 0.1) is 10.6 Å². The second kappa shape index (κ2) is 7.42. The monoisotopic (exact) mass is 382 g/mol. The van der Waals surface area contributed by atoms with Crippen molar-refractivity contribution in [3.05, 3.63) is 69.5 Å². The average molecular weight is 383 g/mol. The van der Waals surface area contributed by atoms with Crippen molar-refractivity contribution in [3.63, 3.8) is 0 Å². The van der Waals surface area contributed by atoms with Crippen molar-refractivity contribution < 1.29 is 14.0 Å². The molecule has 4 nitrogen and oxygen atoms in total. The summed E-state index contributed by atoms with van der Waals surface area (Å²) in [6.45, 7) is 5.29. The number of hydrogen-bond acceptors (Lipinski definition) is 2. The maximum absolute atomic E-state index is 13.3. The van der Waals surface area contributed by atoms with E-state index in [1.54, 1.807) is 45.0 Å². The molecule has 0 bridgehead atoms. The number of rotatable bonds is 2. The van der Waals surface area contributed by atoms with Gasteiger partial charge in [-0.1, -0.05) is 23.2 Å². The first-order chi connectivity index (χ1) is 11.6. The molecule has 0 fully saturated rings. The zero-order chi connectivity index (χ0) is 18.8. The van der Waals surface area contributed by atoms with Crippen molar-refractivity contribution in [1.82, 2.24) is 10.4 Å². The lowest BCUT2D eigenvalue weighted by Gasteiger charge is -2.35. The van der Waals surface area contributed by atoms with E-state index in [9.17, 15) is 14.0 Å². The quantitative estimate of drug-likeness (QED) is 0.763. The molecule has 0 atom stereocenters. The van der Waals surface area contributed by atoms with Crippen LogP contribution < -0.4 is 5.43 Å². The topological polar surface area (TPSA) is 49.4 Å². The van der Waals surface area contributed by atoms with E-state index < -0.39 is 23.2 Å². The zero-order valence-electron chi connectivity index (χ0n) is 13.9. The van der Waals surface area contributed by atoms with Gasteiger partial charge in [0.25, 0.3) is 11.8 Å². The van der Waals surface area contributed by atoms with Crippen LogP contribution in [0.3, 0.4) is 0 Å². The zero-order valence-corrected chi connectivity index (χ0v) is 15.5. The van der Waals surface area contributed by atoms with Crippen molar-refractivity contribution >= 4 is 35.0 Å². The molecule has 2 aromatic rings. The molecule has 0 aliphatic heterocycles. The number of amides is 2. The van der Waals surface area contributed by atoms with Crippen molar-refractivity contribution in [2.75, 3.05) is 0 Å². The summed E-state index contributed by atoms with van der Waals surface area (Å²) < 4.78 is 13.3. The fourth-order valence-electron chi connectivity index (χ4n) is 2.05. The molecule has 0 spiro atoms. The minimum absolute atomic E-state index is 0.163. The first-order valence-electron chi connectivity index (χ1n) is 7.46. The summed E-state index contributed by atoms with van der Waals surface area (Å²) in [5.74, 6) is -1.59. The van der Waals surface area contributed by atoms with E-state index in [0.717, 1.165) is 6.07 Å². The van der Waals surface area contributed by atoms with Gasteiger partial charge in [-0.25, -0.2) is 9.40 Å². The van der Waals surface area contributed by atoms with Crippen LogP contribution >= 0.6 is 23.2 Å². The van der Waals surface area contributed by atoms with E-state index >= 15 is 0 Å². The Kier molecular flexibility index (Phi) is 5.70. The number of hydrogen-bond donors (Lipinski definition) is 1. The van der Waals surface area contributed by atoms with E-state index in [0.29, 0.717) is 10.6 Å². The minimum atomic E-state index is -0.722. The first kappa shape index (κ1) is 19.2. The Balaban J connectivity index is 2.29. The number of hydrazine groups is 1. The normalized spacial score (nSPS) is 11.1. The molecule has 0 aromatic heterocycles. The summed E-state index contributed by atoms with van der Waals surface area (Å²) in [4.78, 5) is 25.2. The summed E-state index contributed by atoms with van der Waals surface area (Å²) in [5.41, 5.74) is 2.38. The van der Waals surface area contributed by atoms with Gasteiger partial charge < -0.3 is 0 Å². The fraction of sp³-hybridized carbons (Fsp3) is 0.222. The highest BCUT2D eigenvalue weighted by molar-refractivity contribution is 6.31. The van der Waals surface area contributed by atoms with Gasteiger partial charge in [-0.2, -0.15) is 0 Å². The highest BCUT2D eigenvalue weighted by Gasteiger charge is 2.30. The highest BCUT2D eigenvalue weighted by atomic mass is 35.5. The summed E-state index contributed by atoms with van der Waals surface area (Å²) >= 11 is 11.6. The van der Waals surface area contributed by atoms with Crippen LogP contribution in [0.1, 0.15) is 41.5 Å². The van der Waals surface area contributed by atoms with Crippen LogP contribution in [0.4, 0.5) is 4.39 Å². The molecule has 0 saturated heterocycles. The van der Waals surface area contributed by atoms with E-state index in [2.05, 4.69) is 5.43 Å². The van der Waals surface area contributed by atoms with Crippen LogP contribution in [0, 0.1) is 5.82 Å². The molecule has 0 aliphatic rings. The number of halogens is 3. The largest absolute Gasteiger partial charge is 0.272 e. The van der Waals surface area contributed by atoms with Crippen molar-refractivity contribution in [1.29, 1.82) is 0 Å². The Hall–Kier alpha value is -2.11. The van der Waals surface area contributed by atoms with Crippen LogP contribution in [0.5, 0.6) is 0 Å². The Labute approximate surface area is 155 Å². The van der Waals surface area contributed by atoms with Crippen LogP contribution in [0.2, 0.25) is 10.0 Å². The molecule has 0 saturated carbocycles. The molecule has 2 aromatic carbocycles. The summed E-state index contributed by atoms with van der Waals surface area (Å²) in [6.07, 6.45) is 0. The standard InChI is InChI=1S/C18H17Cl2FN2O2/c1-18(2,3)23(17(25)12-6-9-15(21)14(20)10-12)22-16(24)11-4-7-13(19)8-5-11/h4-10H,1-3H3,(H,22,24). The van der Waals surface area contributed by atoms with Gasteiger partial charge in [-0.3, -0.25) is 15.0 Å². The van der Waals surface area contributed by atoms with Gasteiger partial charge in [0.2, 0.25) is 0 Å². The van der Waals surface area contributed by atoms with Crippen LogP contribution in [-0.4, -0.2) is 22.4 Å². The second-order valence-corrected chi connectivity index (χ2v) is 7.23. The van der Waals surface area contributed by atoms with Crippen molar-refractivity contribution in [2.45, 2.75) is 26.3 Å². The van der Waals surface area contributed by atoms with Crippen LogP contribution in [0.25, 0.3) is 0 Å². The Bertz CT molecular complexity index is 802. The molecule has 0 unspecified atom stereocenters. The van der Waals surface area contributed by atoms with E-state index in [1.807, 2.05) is 0 Å². The Morgan fingerprint density at radius 1 is 1.00 bits per heavy atom. The van der Waals surface area contributed by atoms with Gasteiger partial charge in [-0.15, -0.1) is 0 Å². The van der Waals surface area contributed by atoms with Gasteiger partial charge in [0.15, 0.2) is 0 Å². The minimum Gasteiger partial charge on any atom is -0.267 e. The number of nitrogens with one attached hydrogen (secondary N) is 1. The summed E-state index contributed by atoms with van der Waals surface area (Å²) in [6, 6.07) is 9.93. The third kappa shape index (κ3) is 4.71. The lowest BCUT2D eigenvalue weighted by atomic mass is 10.1. The molecule has 0 aliphatic carbocycles. The molecule has 0 heterocycles. The molecule has 0 radical (unpaired) electrons. The van der Waals surface area contributed by atoms with E-state index in [1.165, 1.54) is 17.1 Å². The molecular weight excluding hydrogens is 366 g/mol. The maximum Gasteiger partial charge on any atom is 0.272 e. The van der Waals surface area contributed by atoms with E-state index in [-0.39, 0.29) is 10.6 Å². The predicted octanol–water partition coefficient (Wildman–Crippen LogP) is 4.72. The van der Waals surface area contributed by atoms with Gasteiger partial charge in [-0.05, 0) is 63.2 Å². The highest BCUT2D eigenvalue weighted by Crippen LogP contribution is 2.20. The van der Waals surface area contributed by atoms with Crippen molar-refractivity contribution in [3.8, 4) is 0 Å². The molecule has 7 heteroatoms. The van der Waals surface area contributed by atoms with Crippen molar-refractivity contribution in [2.24, 2.45) is 0 Å². The van der Waals surface area contributed by atoms with E-state index in [4.69, 9.17) is 23.2 Å². The second-order valence-electron chi connectivity index (χ2n) is 6.39. The third-order valence-corrected chi connectivity index (χ3v) is 3.90. The molecule has 2 rings (SSSR count). The number of carbonyl (C=O) groups excluding carboxylic acids is 2. The smallest absolute Gasteiger partial charge is 0.267 e. The van der Waals surface area contributed by atoms with Gasteiger partial charge >= 0.3 is 0 Å². The predicted molar refractivity (Wildman–Crippen MR) is 96.3 cm³/mol. The van der Waals surface area contributed by atoms with Crippen LogP contribution in [-0.2, 0) is 0 Å². The van der Waals surface area contributed by atoms with Gasteiger partial charge in [0, 0.05) is 16.1 Å². The molecule has 1 N–H and O–H groups in total. The number of carbonyl (C=O) groups is 2. The Morgan fingerprint density at radius 2 is 1.56 bits per heavy atom. The summed E-state index contributed by atoms with van der Waals surface area (Å²) in [7, 11) is 0. The number of nitrogens with zero attached hydrogens (tertiary/aromatic N) is 1. The number of benzene rings is 2. The maximum atomic E-state index is 13.3. The average Bonchev–Trinajstić information content (AvgIpc) is 2.54. The molecule has 132 valence electrons. The molecule has 2 amide bonds. The SMILES string of the molecule is CC(C)(C)N(NC(=O)c1ccc(Cl)cc1)C(=O)c1ccc(F)c(Cl)c1. The lowest BCUT2D eigenvalue weighted by molar-refractivity contribution is 0.0358. The summed E-state index contributed by atoms with van der Waals surface area (Å²) in [5, 5.41) is 1.53. The Morgan fingerprint density at radius 3 is 2.08 bits per heavy atom.